The minimum absolute atomic E-state index is 0.341. The van der Waals surface area contributed by atoms with Gasteiger partial charge >= 0.3 is 0 Å². The Morgan fingerprint density at radius 3 is 2.65 bits per heavy atom. The van der Waals surface area contributed by atoms with Gasteiger partial charge in [0.25, 0.3) is 0 Å². The van der Waals surface area contributed by atoms with Crippen LogP contribution < -0.4 is 10.1 Å². The van der Waals surface area contributed by atoms with Crippen LogP contribution in [0.2, 0.25) is 0 Å². The smallest absolute Gasteiger partial charge is 0.211 e. The third-order valence-electron chi connectivity index (χ3n) is 5.56. The first-order chi connectivity index (χ1) is 16.7. The molecule has 5 rings (SSSR count). The number of aromatic amines is 1. The molecule has 0 bridgehead atoms. The lowest BCUT2D eigenvalue weighted by molar-refractivity contribution is -0.105. The highest BCUT2D eigenvalue weighted by Gasteiger charge is 2.14. The van der Waals surface area contributed by atoms with E-state index < -0.39 is 0 Å². The van der Waals surface area contributed by atoms with Gasteiger partial charge in [-0.25, -0.2) is 0 Å². The Morgan fingerprint density at radius 2 is 1.88 bits per heavy atom. The molecule has 168 valence electrons. The highest BCUT2D eigenvalue weighted by atomic mass is 16.5. The summed E-state index contributed by atoms with van der Waals surface area (Å²) in [6.07, 6.45) is 1.44. The molecule has 8 heteroatoms. The number of amides is 1. The van der Waals surface area contributed by atoms with E-state index in [4.69, 9.17) is 4.74 Å². The van der Waals surface area contributed by atoms with Gasteiger partial charge in [-0.1, -0.05) is 49.4 Å². The minimum Gasteiger partial charge on any atom is -0.488 e. The first-order valence-electron chi connectivity index (χ1n) is 10.9. The lowest BCUT2D eigenvalue weighted by Gasteiger charge is -2.14. The fraction of sp³-hybridized carbons (Fsp3) is 0.115. The average molecular weight is 451 g/mol. The van der Waals surface area contributed by atoms with E-state index in [0.29, 0.717) is 30.3 Å². The topological polar surface area (TPSA) is 106 Å². The number of aromatic nitrogens is 5. The van der Waals surface area contributed by atoms with Crippen LogP contribution in [-0.4, -0.2) is 32.0 Å². The zero-order valence-electron chi connectivity index (χ0n) is 18.5. The molecule has 2 N–H and O–H groups in total. The third-order valence-corrected chi connectivity index (χ3v) is 5.56. The van der Waals surface area contributed by atoms with Crippen LogP contribution in [0.25, 0.3) is 33.4 Å². The zero-order chi connectivity index (χ0) is 23.3. The maximum absolute atomic E-state index is 10.9. The number of aryl methyl sites for hydroxylation is 1. The molecular weight excluding hydrogens is 428 g/mol. The summed E-state index contributed by atoms with van der Waals surface area (Å²) in [7, 11) is 0. The number of anilines is 1. The molecule has 0 saturated heterocycles. The van der Waals surface area contributed by atoms with E-state index in [-0.39, 0.29) is 0 Å². The molecule has 0 unspecified atom stereocenters. The SMILES string of the molecule is CCc1cc(OCc2ccc(-c3ccccc3)c(-c3nn[nH]n3)c2)c2cc(NC=O)ccc2n1. The summed E-state index contributed by atoms with van der Waals surface area (Å²) in [6, 6.07) is 23.7. The molecule has 0 saturated carbocycles. The Kier molecular flexibility index (Phi) is 5.94. The molecule has 0 atom stereocenters. The van der Waals surface area contributed by atoms with E-state index in [9.17, 15) is 4.79 Å². The van der Waals surface area contributed by atoms with Crippen molar-refractivity contribution in [1.82, 2.24) is 25.6 Å². The summed E-state index contributed by atoms with van der Waals surface area (Å²) in [6.45, 7) is 2.40. The molecule has 34 heavy (non-hydrogen) atoms. The molecule has 2 aromatic heterocycles. The Bertz CT molecular complexity index is 1440. The highest BCUT2D eigenvalue weighted by molar-refractivity contribution is 5.90. The number of rotatable bonds is 8. The number of nitrogens with zero attached hydrogens (tertiary/aromatic N) is 4. The molecule has 8 nitrogen and oxygen atoms in total. The van der Waals surface area contributed by atoms with Crippen molar-refractivity contribution in [2.75, 3.05) is 5.32 Å². The van der Waals surface area contributed by atoms with E-state index in [1.54, 1.807) is 0 Å². The lowest BCUT2D eigenvalue weighted by atomic mass is 9.97. The molecule has 0 radical (unpaired) electrons. The summed E-state index contributed by atoms with van der Waals surface area (Å²) in [5.74, 6) is 1.23. The Balaban J connectivity index is 1.50. The molecule has 3 aromatic carbocycles. The van der Waals surface area contributed by atoms with Crippen molar-refractivity contribution >= 4 is 23.0 Å². The second kappa shape index (κ2) is 9.50. The Morgan fingerprint density at radius 1 is 1.00 bits per heavy atom. The van der Waals surface area contributed by atoms with Gasteiger partial charge in [-0.05, 0) is 52.6 Å². The normalized spacial score (nSPS) is 10.9. The zero-order valence-corrected chi connectivity index (χ0v) is 18.5. The summed E-state index contributed by atoms with van der Waals surface area (Å²) in [4.78, 5) is 15.6. The monoisotopic (exact) mass is 450 g/mol. The summed E-state index contributed by atoms with van der Waals surface area (Å²) < 4.78 is 6.28. The average Bonchev–Trinajstić information content (AvgIpc) is 3.43. The second-order valence-electron chi connectivity index (χ2n) is 7.73. The van der Waals surface area contributed by atoms with E-state index >= 15 is 0 Å². The number of fused-ring (bicyclic) bond motifs is 1. The van der Waals surface area contributed by atoms with Crippen LogP contribution in [0.4, 0.5) is 5.69 Å². The maximum atomic E-state index is 10.9. The standard InChI is InChI=1S/C26H22N6O2/c1-2-19-14-25(23-13-20(27-16-33)9-11-24(23)28-19)34-15-17-8-10-21(18-6-4-3-5-7-18)22(12-17)26-29-31-32-30-26/h3-14,16H,2,15H2,1H3,(H,27,33)(H,29,30,31,32). The van der Waals surface area contributed by atoms with Crippen molar-refractivity contribution in [2.45, 2.75) is 20.0 Å². The van der Waals surface area contributed by atoms with Crippen molar-refractivity contribution in [1.29, 1.82) is 0 Å². The van der Waals surface area contributed by atoms with E-state index in [1.807, 2.05) is 60.7 Å². The number of H-pyrrole nitrogens is 1. The van der Waals surface area contributed by atoms with Gasteiger partial charge in [-0.2, -0.15) is 5.21 Å². The largest absolute Gasteiger partial charge is 0.488 e. The number of tetrazole rings is 1. The van der Waals surface area contributed by atoms with Gasteiger partial charge < -0.3 is 10.1 Å². The van der Waals surface area contributed by atoms with Crippen LogP contribution in [0.1, 0.15) is 18.2 Å². The number of nitrogens with one attached hydrogen (secondary N) is 2. The molecular formula is C26H22N6O2. The van der Waals surface area contributed by atoms with Crippen LogP contribution in [0, 0.1) is 0 Å². The van der Waals surface area contributed by atoms with Crippen molar-refractivity contribution in [3.63, 3.8) is 0 Å². The number of hydrogen-bond acceptors (Lipinski definition) is 6. The minimum atomic E-state index is 0.341. The molecule has 0 aliphatic heterocycles. The second-order valence-corrected chi connectivity index (χ2v) is 7.73. The van der Waals surface area contributed by atoms with Gasteiger partial charge in [0.1, 0.15) is 12.4 Å². The third kappa shape index (κ3) is 4.33. The maximum Gasteiger partial charge on any atom is 0.211 e. The molecule has 0 fully saturated rings. The fourth-order valence-electron chi connectivity index (χ4n) is 3.88. The Hall–Kier alpha value is -4.59. The number of ether oxygens (including phenoxy) is 1. The Labute approximate surface area is 196 Å². The van der Waals surface area contributed by atoms with Crippen molar-refractivity contribution in [3.8, 4) is 28.3 Å². The van der Waals surface area contributed by atoms with Crippen LogP contribution in [0.3, 0.4) is 0 Å². The van der Waals surface area contributed by atoms with Crippen molar-refractivity contribution in [2.24, 2.45) is 0 Å². The van der Waals surface area contributed by atoms with Gasteiger partial charge in [0, 0.05) is 28.4 Å². The number of hydrogen-bond donors (Lipinski definition) is 2. The van der Waals surface area contributed by atoms with E-state index in [1.165, 1.54) is 0 Å². The molecule has 5 aromatic rings. The highest BCUT2D eigenvalue weighted by Crippen LogP contribution is 2.32. The molecule has 0 aliphatic rings. The van der Waals surface area contributed by atoms with Gasteiger partial charge in [-0.3, -0.25) is 9.78 Å². The van der Waals surface area contributed by atoms with Gasteiger partial charge in [0.15, 0.2) is 0 Å². The lowest BCUT2D eigenvalue weighted by Crippen LogP contribution is -2.01. The van der Waals surface area contributed by atoms with Crippen LogP contribution in [0.15, 0.2) is 72.8 Å². The van der Waals surface area contributed by atoms with Crippen LogP contribution >= 0.6 is 0 Å². The number of carbonyl (C=O) groups is 1. The van der Waals surface area contributed by atoms with E-state index in [2.05, 4.69) is 50.0 Å². The predicted octanol–water partition coefficient (Wildman–Crippen LogP) is 4.79. The van der Waals surface area contributed by atoms with E-state index in [0.717, 1.165) is 45.3 Å². The summed E-state index contributed by atoms with van der Waals surface area (Å²) >= 11 is 0. The molecule has 0 spiro atoms. The summed E-state index contributed by atoms with van der Waals surface area (Å²) in [5, 5.41) is 18.2. The molecule has 2 heterocycles. The quantitative estimate of drug-likeness (QED) is 0.329. The van der Waals surface area contributed by atoms with Crippen LogP contribution in [0.5, 0.6) is 5.75 Å². The van der Waals surface area contributed by atoms with Gasteiger partial charge in [-0.15, -0.1) is 10.2 Å². The molecule has 1 amide bonds. The first kappa shape index (κ1) is 21.3. The number of benzene rings is 3. The number of pyridine rings is 1. The first-order valence-corrected chi connectivity index (χ1v) is 10.9. The van der Waals surface area contributed by atoms with Gasteiger partial charge in [0.2, 0.25) is 12.2 Å². The van der Waals surface area contributed by atoms with Crippen molar-refractivity contribution < 1.29 is 9.53 Å². The molecule has 0 aliphatic carbocycles. The fourth-order valence-corrected chi connectivity index (χ4v) is 3.88. The van der Waals surface area contributed by atoms with Gasteiger partial charge in [0.05, 0.1) is 5.52 Å². The number of carbonyl (C=O) groups excluding carboxylic acids is 1. The van der Waals surface area contributed by atoms with Crippen LogP contribution in [-0.2, 0) is 17.8 Å². The summed E-state index contributed by atoms with van der Waals surface area (Å²) in [5.41, 5.74) is 6.35. The van der Waals surface area contributed by atoms with Crippen molar-refractivity contribution in [3.05, 3.63) is 84.1 Å². The predicted molar refractivity (Wildman–Crippen MR) is 130 cm³/mol.